The third kappa shape index (κ3) is 3.72. The number of carbonyl (C=O) groups is 1. The Labute approximate surface area is 116 Å². The molecule has 114 valence electrons. The summed E-state index contributed by atoms with van der Waals surface area (Å²) in [4.78, 5) is 8.38. The molecule has 0 heterocycles. The van der Waals surface area contributed by atoms with Crippen LogP contribution in [0.15, 0.2) is 53.4 Å². The fraction of sp³-hybridized carbons (Fsp3) is 0. The second kappa shape index (κ2) is 4.20. The van der Waals surface area contributed by atoms with E-state index >= 15 is 0 Å². The second-order valence-corrected chi connectivity index (χ2v) is 6.58. The molecule has 0 aliphatic heterocycles. The molecule has 21 heavy (non-hydrogen) atoms. The van der Waals surface area contributed by atoms with E-state index in [0.29, 0.717) is 6.29 Å². The van der Waals surface area contributed by atoms with E-state index < -0.39 is 20.9 Å². The Balaban J connectivity index is 2.44. The summed E-state index contributed by atoms with van der Waals surface area (Å²) in [5.41, 5.74) is 0.281. The minimum atomic E-state index is -9.84. The molecule has 0 spiro atoms. The van der Waals surface area contributed by atoms with E-state index in [9.17, 15) is 24.2 Å². The lowest BCUT2D eigenvalue weighted by Gasteiger charge is -2.41. The highest BCUT2D eigenvalue weighted by Crippen LogP contribution is 3.03. The number of halogens is 5. The first kappa shape index (κ1) is 15.3. The summed E-state index contributed by atoms with van der Waals surface area (Å²) in [6.45, 7) is 0. The monoisotopic (exact) mass is 324 g/mol. The maximum Gasteiger partial charge on any atom is 0.313 e. The molecular formula is C13H9F5O2S. The van der Waals surface area contributed by atoms with Crippen molar-refractivity contribution in [1.82, 2.24) is 0 Å². The molecule has 0 aliphatic carbocycles. The Morgan fingerprint density at radius 1 is 0.857 bits per heavy atom. The molecule has 0 aromatic heterocycles. The molecule has 2 aromatic rings. The van der Waals surface area contributed by atoms with E-state index in [4.69, 9.17) is 4.74 Å². The van der Waals surface area contributed by atoms with E-state index in [0.717, 1.165) is 18.2 Å². The highest BCUT2D eigenvalue weighted by molar-refractivity contribution is 8.45. The van der Waals surface area contributed by atoms with Gasteiger partial charge in [0.15, 0.2) is 0 Å². The predicted octanol–water partition coefficient (Wildman–Crippen LogP) is 5.95. The van der Waals surface area contributed by atoms with Gasteiger partial charge in [0.2, 0.25) is 0 Å². The van der Waals surface area contributed by atoms with E-state index in [1.807, 2.05) is 0 Å². The van der Waals surface area contributed by atoms with Crippen LogP contribution in [0.1, 0.15) is 10.4 Å². The summed E-state index contributed by atoms with van der Waals surface area (Å²) >= 11 is 0. The van der Waals surface area contributed by atoms with Crippen LogP contribution in [0, 0.1) is 0 Å². The van der Waals surface area contributed by atoms with Gasteiger partial charge in [-0.3, -0.25) is 4.79 Å². The zero-order valence-electron chi connectivity index (χ0n) is 10.3. The summed E-state index contributed by atoms with van der Waals surface area (Å²) in [6.07, 6.45) is 0.534. The van der Waals surface area contributed by atoms with Crippen molar-refractivity contribution < 1.29 is 29.0 Å². The zero-order chi connectivity index (χ0) is 15.8. The van der Waals surface area contributed by atoms with Crippen LogP contribution < -0.4 is 4.74 Å². The fourth-order valence-electron chi connectivity index (χ4n) is 1.59. The van der Waals surface area contributed by atoms with Crippen molar-refractivity contribution in [1.29, 1.82) is 0 Å². The zero-order valence-corrected chi connectivity index (χ0v) is 11.1. The Kier molecular flexibility index (Phi) is 3.06. The molecule has 0 fully saturated rings. The van der Waals surface area contributed by atoms with Crippen molar-refractivity contribution in [3.63, 3.8) is 0 Å². The van der Waals surface area contributed by atoms with Crippen molar-refractivity contribution in [3.05, 3.63) is 54.1 Å². The van der Waals surface area contributed by atoms with Gasteiger partial charge >= 0.3 is 10.2 Å². The van der Waals surface area contributed by atoms with Gasteiger partial charge in [-0.25, -0.2) is 0 Å². The lowest BCUT2D eigenvalue weighted by Crippen LogP contribution is -2.07. The number of para-hydroxylation sites is 1. The van der Waals surface area contributed by atoms with Crippen LogP contribution in [0.5, 0.6) is 11.5 Å². The Morgan fingerprint density at radius 3 is 1.95 bits per heavy atom. The van der Waals surface area contributed by atoms with E-state index in [-0.39, 0.29) is 17.4 Å². The average molecular weight is 324 g/mol. The van der Waals surface area contributed by atoms with Gasteiger partial charge in [-0.05, 0) is 36.4 Å². The van der Waals surface area contributed by atoms with E-state index in [2.05, 4.69) is 0 Å². The van der Waals surface area contributed by atoms with Crippen LogP contribution in [0.4, 0.5) is 19.4 Å². The summed E-state index contributed by atoms with van der Waals surface area (Å²) < 4.78 is 69.4. The number of carbonyl (C=O) groups excluding carboxylic acids is 1. The summed E-state index contributed by atoms with van der Waals surface area (Å²) in [5, 5.41) is 0. The molecule has 0 bridgehead atoms. The molecule has 0 atom stereocenters. The van der Waals surface area contributed by atoms with Crippen LogP contribution in [0.3, 0.4) is 0 Å². The van der Waals surface area contributed by atoms with Gasteiger partial charge in [0.05, 0.1) is 0 Å². The first-order valence-electron chi connectivity index (χ1n) is 5.56. The highest BCUT2D eigenvalue weighted by atomic mass is 32.5. The van der Waals surface area contributed by atoms with Crippen LogP contribution in [0.25, 0.3) is 0 Å². The quantitative estimate of drug-likeness (QED) is 0.513. The highest BCUT2D eigenvalue weighted by Gasteiger charge is 2.67. The SMILES string of the molecule is O=Cc1ccc(Oc2ccccc2S(F)(F)(F)(F)F)cc1. The molecule has 0 radical (unpaired) electrons. The maximum absolute atomic E-state index is 12.9. The maximum atomic E-state index is 12.9. The normalized spacial score (nSPS) is 14.9. The van der Waals surface area contributed by atoms with Crippen molar-refractivity contribution in [2.45, 2.75) is 4.90 Å². The van der Waals surface area contributed by atoms with Gasteiger partial charge in [-0.15, -0.1) is 0 Å². The Bertz CT molecular complexity index is 680. The number of hydrogen-bond donors (Lipinski definition) is 0. The van der Waals surface area contributed by atoms with Gasteiger partial charge in [0.1, 0.15) is 22.7 Å². The first-order valence-corrected chi connectivity index (χ1v) is 7.51. The molecule has 2 rings (SSSR count). The Hall–Kier alpha value is -2.09. The number of ether oxygens (including phenoxy) is 1. The van der Waals surface area contributed by atoms with E-state index in [1.54, 1.807) is 0 Å². The average Bonchev–Trinajstić information content (AvgIpc) is 2.37. The molecule has 0 amide bonds. The van der Waals surface area contributed by atoms with Crippen LogP contribution >= 0.6 is 10.2 Å². The van der Waals surface area contributed by atoms with Crippen LogP contribution in [-0.2, 0) is 0 Å². The molecule has 0 saturated carbocycles. The largest absolute Gasteiger partial charge is 0.456 e. The molecule has 0 aliphatic rings. The molecule has 8 heteroatoms. The first-order chi connectivity index (χ1) is 9.49. The summed E-state index contributed by atoms with van der Waals surface area (Å²) in [7, 11) is -9.84. The van der Waals surface area contributed by atoms with Gasteiger partial charge in [-0.2, -0.15) is 0 Å². The summed E-state index contributed by atoms with van der Waals surface area (Å²) in [6, 6.07) is 8.11. The van der Waals surface area contributed by atoms with Gasteiger partial charge in [0, 0.05) is 5.56 Å². The summed E-state index contributed by atoms with van der Waals surface area (Å²) in [5.74, 6) is -1.08. The van der Waals surface area contributed by atoms with Gasteiger partial charge in [0.25, 0.3) is 0 Å². The third-order valence-electron chi connectivity index (χ3n) is 2.51. The number of benzene rings is 2. The standard InChI is InChI=1S/C13H9F5O2S/c14-21(15,16,17,18)13-4-2-1-3-12(13)20-11-7-5-10(9-19)6-8-11/h1-9H. The number of rotatable bonds is 4. The molecule has 0 saturated heterocycles. The number of aldehydes is 1. The Morgan fingerprint density at radius 2 is 1.43 bits per heavy atom. The lowest BCUT2D eigenvalue weighted by molar-refractivity contribution is 0.112. The topological polar surface area (TPSA) is 26.3 Å². The minimum Gasteiger partial charge on any atom is -0.456 e. The van der Waals surface area contributed by atoms with Crippen molar-refractivity contribution in [3.8, 4) is 11.5 Å². The molecule has 2 aromatic carbocycles. The molecule has 0 N–H and O–H groups in total. The molecule has 0 unspecified atom stereocenters. The minimum absolute atomic E-state index is 0.0881. The van der Waals surface area contributed by atoms with Crippen molar-refractivity contribution in [2.24, 2.45) is 0 Å². The van der Waals surface area contributed by atoms with Crippen molar-refractivity contribution >= 4 is 16.5 Å². The van der Waals surface area contributed by atoms with Crippen LogP contribution in [0.2, 0.25) is 0 Å². The van der Waals surface area contributed by atoms with Crippen molar-refractivity contribution in [2.75, 3.05) is 0 Å². The number of hydrogen-bond acceptors (Lipinski definition) is 2. The van der Waals surface area contributed by atoms with Gasteiger partial charge < -0.3 is 4.74 Å². The predicted molar refractivity (Wildman–Crippen MR) is 69.7 cm³/mol. The van der Waals surface area contributed by atoms with Gasteiger partial charge in [-0.1, -0.05) is 31.6 Å². The fourth-order valence-corrected chi connectivity index (χ4v) is 2.42. The van der Waals surface area contributed by atoms with E-state index in [1.165, 1.54) is 24.3 Å². The van der Waals surface area contributed by atoms with Crippen LogP contribution in [-0.4, -0.2) is 6.29 Å². The third-order valence-corrected chi connectivity index (χ3v) is 3.68. The lowest BCUT2D eigenvalue weighted by atomic mass is 10.2. The molecule has 2 nitrogen and oxygen atoms in total. The molecular weight excluding hydrogens is 315 g/mol. The second-order valence-electron chi connectivity index (χ2n) is 4.20. The smallest absolute Gasteiger partial charge is 0.313 e.